The summed E-state index contributed by atoms with van der Waals surface area (Å²) in [5.41, 5.74) is 1.43. The molecule has 0 amide bonds. The van der Waals surface area contributed by atoms with E-state index in [0.717, 1.165) is 71.1 Å². The second-order valence-electron chi connectivity index (χ2n) is 8.71. The standard InChI is InChI=1S/C23H39N5O2/c1-24-22(26-18-23(9-15-29)10-16-30-19-23)25-11-6-12-28-14-13-27(2)17-21(28)20-7-4-3-5-8-20/h3-5,7-8,21,29H,6,9-19H2,1-2H3,(H2,24,25,26). The molecular formula is C23H39N5O2. The number of hydrogen-bond acceptors (Lipinski definition) is 5. The first-order valence-electron chi connectivity index (χ1n) is 11.3. The number of hydrogen-bond donors (Lipinski definition) is 3. The minimum absolute atomic E-state index is 0.0229. The van der Waals surface area contributed by atoms with Gasteiger partial charge in [-0.2, -0.15) is 0 Å². The molecule has 2 heterocycles. The zero-order chi connectivity index (χ0) is 21.2. The van der Waals surface area contributed by atoms with Crippen LogP contribution >= 0.6 is 0 Å². The van der Waals surface area contributed by atoms with Crippen LogP contribution in [0.2, 0.25) is 0 Å². The maximum Gasteiger partial charge on any atom is 0.190 e. The minimum atomic E-state index is 0.0229. The van der Waals surface area contributed by atoms with Crippen molar-refractivity contribution in [2.24, 2.45) is 10.4 Å². The van der Waals surface area contributed by atoms with Crippen LogP contribution in [0.25, 0.3) is 0 Å². The van der Waals surface area contributed by atoms with Crippen molar-refractivity contribution in [3.05, 3.63) is 35.9 Å². The molecule has 0 spiro atoms. The summed E-state index contributed by atoms with van der Waals surface area (Å²) in [6.07, 6.45) is 2.82. The van der Waals surface area contributed by atoms with Crippen LogP contribution in [0.4, 0.5) is 0 Å². The molecule has 2 unspecified atom stereocenters. The van der Waals surface area contributed by atoms with Crippen molar-refractivity contribution in [3.8, 4) is 0 Å². The number of likely N-dealkylation sites (N-methyl/N-ethyl adjacent to an activating group) is 1. The van der Waals surface area contributed by atoms with Crippen LogP contribution in [0.5, 0.6) is 0 Å². The van der Waals surface area contributed by atoms with Crippen LogP contribution in [0.15, 0.2) is 35.3 Å². The van der Waals surface area contributed by atoms with E-state index < -0.39 is 0 Å². The van der Waals surface area contributed by atoms with Gasteiger partial charge in [-0.3, -0.25) is 9.89 Å². The molecule has 168 valence electrons. The normalized spacial score (nSPS) is 26.1. The van der Waals surface area contributed by atoms with Crippen molar-refractivity contribution in [2.45, 2.75) is 25.3 Å². The first-order valence-corrected chi connectivity index (χ1v) is 11.3. The molecule has 30 heavy (non-hydrogen) atoms. The van der Waals surface area contributed by atoms with Gasteiger partial charge in [0.1, 0.15) is 0 Å². The van der Waals surface area contributed by atoms with Gasteiger partial charge in [-0.1, -0.05) is 30.3 Å². The van der Waals surface area contributed by atoms with E-state index in [1.165, 1.54) is 5.56 Å². The number of nitrogens with zero attached hydrogens (tertiary/aromatic N) is 3. The number of piperazine rings is 1. The number of rotatable bonds is 9. The maximum atomic E-state index is 9.39. The van der Waals surface area contributed by atoms with Gasteiger partial charge in [0.25, 0.3) is 0 Å². The molecule has 3 N–H and O–H groups in total. The lowest BCUT2D eigenvalue weighted by Gasteiger charge is -2.40. The molecule has 2 aliphatic heterocycles. The number of benzene rings is 1. The molecule has 1 aromatic carbocycles. The third-order valence-electron chi connectivity index (χ3n) is 6.47. The van der Waals surface area contributed by atoms with E-state index in [1.807, 2.05) is 7.05 Å². The number of aliphatic hydroxyl groups is 1. The minimum Gasteiger partial charge on any atom is -0.396 e. The molecule has 2 saturated heterocycles. The zero-order valence-electron chi connectivity index (χ0n) is 18.6. The Morgan fingerprint density at radius 3 is 2.80 bits per heavy atom. The van der Waals surface area contributed by atoms with Crippen molar-refractivity contribution in [1.82, 2.24) is 20.4 Å². The Kier molecular flexibility index (Phi) is 8.93. The number of ether oxygens (including phenoxy) is 1. The quantitative estimate of drug-likeness (QED) is 0.320. The summed E-state index contributed by atoms with van der Waals surface area (Å²) < 4.78 is 5.58. The van der Waals surface area contributed by atoms with Gasteiger partial charge in [0.15, 0.2) is 5.96 Å². The van der Waals surface area contributed by atoms with E-state index in [9.17, 15) is 5.11 Å². The first kappa shape index (κ1) is 23.0. The lowest BCUT2D eigenvalue weighted by atomic mass is 9.84. The molecule has 2 atom stereocenters. The van der Waals surface area contributed by atoms with Gasteiger partial charge < -0.3 is 25.4 Å². The Labute approximate surface area is 181 Å². The van der Waals surface area contributed by atoms with Crippen LogP contribution < -0.4 is 10.6 Å². The molecule has 7 heteroatoms. The number of nitrogens with one attached hydrogen (secondary N) is 2. The van der Waals surface area contributed by atoms with Crippen molar-refractivity contribution in [2.75, 3.05) is 73.2 Å². The van der Waals surface area contributed by atoms with Crippen molar-refractivity contribution in [1.29, 1.82) is 0 Å². The maximum absolute atomic E-state index is 9.39. The van der Waals surface area contributed by atoms with E-state index in [-0.39, 0.29) is 12.0 Å². The third kappa shape index (κ3) is 6.41. The molecule has 0 bridgehead atoms. The smallest absolute Gasteiger partial charge is 0.190 e. The van der Waals surface area contributed by atoms with Gasteiger partial charge in [0.2, 0.25) is 0 Å². The molecule has 1 aromatic rings. The highest BCUT2D eigenvalue weighted by Crippen LogP contribution is 2.31. The van der Waals surface area contributed by atoms with E-state index in [2.05, 4.69) is 62.8 Å². The second kappa shape index (κ2) is 11.6. The Hall–Kier alpha value is -1.67. The predicted octanol–water partition coefficient (Wildman–Crippen LogP) is 1.32. The summed E-state index contributed by atoms with van der Waals surface area (Å²) in [6.45, 7) is 7.73. The van der Waals surface area contributed by atoms with Crippen LogP contribution in [-0.4, -0.2) is 94.1 Å². The van der Waals surface area contributed by atoms with Crippen LogP contribution in [0.1, 0.15) is 30.9 Å². The SMILES string of the molecule is CN=C(NCCCN1CCN(C)CC1c1ccccc1)NCC1(CCO)CCOC1. The molecular weight excluding hydrogens is 378 g/mol. The van der Waals surface area contributed by atoms with Gasteiger partial charge in [0, 0.05) is 71.0 Å². The fourth-order valence-electron chi connectivity index (χ4n) is 4.51. The lowest BCUT2D eigenvalue weighted by Crippen LogP contribution is -2.48. The topological polar surface area (TPSA) is 72.4 Å². The molecule has 2 aliphatic rings. The van der Waals surface area contributed by atoms with Gasteiger partial charge in [-0.05, 0) is 31.9 Å². The second-order valence-corrected chi connectivity index (χ2v) is 8.71. The van der Waals surface area contributed by atoms with Crippen LogP contribution in [-0.2, 0) is 4.74 Å². The molecule has 0 radical (unpaired) electrons. The largest absolute Gasteiger partial charge is 0.396 e. The van der Waals surface area contributed by atoms with Gasteiger partial charge in [-0.15, -0.1) is 0 Å². The van der Waals surface area contributed by atoms with E-state index >= 15 is 0 Å². The van der Waals surface area contributed by atoms with Crippen LogP contribution in [0, 0.1) is 5.41 Å². The zero-order valence-corrected chi connectivity index (χ0v) is 18.6. The summed E-state index contributed by atoms with van der Waals surface area (Å²) in [7, 11) is 4.02. The summed E-state index contributed by atoms with van der Waals surface area (Å²) in [6, 6.07) is 11.3. The number of aliphatic imine (C=N–C) groups is 1. The summed E-state index contributed by atoms with van der Waals surface area (Å²) in [4.78, 5) is 9.40. The Morgan fingerprint density at radius 1 is 1.27 bits per heavy atom. The van der Waals surface area contributed by atoms with Crippen molar-refractivity contribution in [3.63, 3.8) is 0 Å². The average molecular weight is 418 g/mol. The molecule has 0 aromatic heterocycles. The molecule has 2 fully saturated rings. The number of aliphatic hydroxyl groups excluding tert-OH is 1. The molecule has 3 rings (SSSR count). The van der Waals surface area contributed by atoms with E-state index in [4.69, 9.17) is 4.74 Å². The fourth-order valence-corrected chi connectivity index (χ4v) is 4.51. The molecule has 0 saturated carbocycles. The van der Waals surface area contributed by atoms with E-state index in [1.54, 1.807) is 0 Å². The Morgan fingerprint density at radius 2 is 2.10 bits per heavy atom. The van der Waals surface area contributed by atoms with E-state index in [0.29, 0.717) is 12.6 Å². The Bertz CT molecular complexity index is 648. The highest BCUT2D eigenvalue weighted by Gasteiger charge is 2.34. The van der Waals surface area contributed by atoms with Crippen LogP contribution in [0.3, 0.4) is 0 Å². The van der Waals surface area contributed by atoms with Gasteiger partial charge in [0.05, 0.1) is 6.61 Å². The highest BCUT2D eigenvalue weighted by molar-refractivity contribution is 5.79. The third-order valence-corrected chi connectivity index (χ3v) is 6.47. The lowest BCUT2D eigenvalue weighted by molar-refractivity contribution is 0.0891. The average Bonchev–Trinajstić information content (AvgIpc) is 3.23. The summed E-state index contributed by atoms with van der Waals surface area (Å²) in [5.74, 6) is 0.831. The van der Waals surface area contributed by atoms with Crippen molar-refractivity contribution < 1.29 is 9.84 Å². The Balaban J connectivity index is 1.43. The fraction of sp³-hybridized carbons (Fsp3) is 0.696. The molecule has 7 nitrogen and oxygen atoms in total. The summed E-state index contributed by atoms with van der Waals surface area (Å²) in [5, 5.41) is 16.3. The predicted molar refractivity (Wildman–Crippen MR) is 122 cm³/mol. The van der Waals surface area contributed by atoms with Gasteiger partial charge >= 0.3 is 0 Å². The highest BCUT2D eigenvalue weighted by atomic mass is 16.5. The monoisotopic (exact) mass is 417 g/mol. The first-order chi connectivity index (χ1) is 14.7. The molecule has 0 aliphatic carbocycles. The summed E-state index contributed by atoms with van der Waals surface area (Å²) >= 11 is 0. The van der Waals surface area contributed by atoms with Crippen molar-refractivity contribution >= 4 is 5.96 Å². The number of guanidine groups is 1. The van der Waals surface area contributed by atoms with Gasteiger partial charge in [-0.25, -0.2) is 0 Å².